The van der Waals surface area contributed by atoms with Gasteiger partial charge in [-0.25, -0.2) is 4.39 Å². The van der Waals surface area contributed by atoms with Crippen LogP contribution in [0.4, 0.5) is 4.39 Å². The van der Waals surface area contributed by atoms with Gasteiger partial charge in [-0.05, 0) is 41.8 Å². The first-order valence-electron chi connectivity index (χ1n) is 9.86. The van der Waals surface area contributed by atoms with E-state index in [4.69, 9.17) is 17.0 Å². The Morgan fingerprint density at radius 2 is 1.71 bits per heavy atom. The molecular weight excluding hydrogens is 429 g/mol. The predicted octanol–water partition coefficient (Wildman–Crippen LogP) is 5.85. The minimum Gasteiger partial charge on any atom is -0.488 e. The van der Waals surface area contributed by atoms with Gasteiger partial charge in [0.25, 0.3) is 5.91 Å². The van der Waals surface area contributed by atoms with Crippen molar-refractivity contribution in [3.63, 3.8) is 0 Å². The highest BCUT2D eigenvalue weighted by Crippen LogP contribution is 2.34. The van der Waals surface area contributed by atoms with Crippen molar-refractivity contribution in [2.24, 2.45) is 0 Å². The lowest BCUT2D eigenvalue weighted by Crippen LogP contribution is -2.30. The van der Waals surface area contributed by atoms with Crippen LogP contribution in [-0.4, -0.2) is 21.7 Å². The zero-order chi connectivity index (χ0) is 21.6. The van der Waals surface area contributed by atoms with Gasteiger partial charge >= 0.3 is 0 Å². The molecule has 0 atom stereocenters. The third-order valence-electron chi connectivity index (χ3n) is 4.83. The van der Waals surface area contributed by atoms with Crippen molar-refractivity contribution in [1.82, 2.24) is 4.90 Å². The number of carbonyl (C=O) groups is 1. The molecule has 0 spiro atoms. The molecule has 1 heterocycles. The second kappa shape index (κ2) is 9.90. The molecule has 4 rings (SSSR count). The lowest BCUT2D eigenvalue weighted by molar-refractivity contribution is -0.122. The van der Waals surface area contributed by atoms with Crippen LogP contribution >= 0.6 is 24.0 Å². The number of amides is 1. The van der Waals surface area contributed by atoms with Crippen LogP contribution in [-0.2, 0) is 17.8 Å². The van der Waals surface area contributed by atoms with Crippen molar-refractivity contribution in [3.05, 3.63) is 106 Å². The summed E-state index contributed by atoms with van der Waals surface area (Å²) in [6.07, 6.45) is 2.55. The molecule has 0 saturated carbocycles. The Labute approximate surface area is 190 Å². The van der Waals surface area contributed by atoms with E-state index in [-0.39, 0.29) is 18.3 Å². The summed E-state index contributed by atoms with van der Waals surface area (Å²) in [5.74, 6) is 0.237. The van der Waals surface area contributed by atoms with Crippen molar-refractivity contribution in [2.45, 2.75) is 13.0 Å². The molecular formula is C25H20FNO2S2. The molecule has 31 heavy (non-hydrogen) atoms. The van der Waals surface area contributed by atoms with E-state index >= 15 is 0 Å². The van der Waals surface area contributed by atoms with Gasteiger partial charge in [-0.1, -0.05) is 84.6 Å². The number of thioether (sulfide) groups is 1. The molecule has 1 aliphatic rings. The Balaban J connectivity index is 1.47. The lowest BCUT2D eigenvalue weighted by atomic mass is 10.1. The van der Waals surface area contributed by atoms with Crippen molar-refractivity contribution in [1.29, 1.82) is 0 Å². The number of benzene rings is 3. The molecule has 0 unspecified atom stereocenters. The highest BCUT2D eigenvalue weighted by Gasteiger charge is 2.31. The first kappa shape index (κ1) is 21.3. The molecule has 3 nitrogen and oxygen atoms in total. The maximum atomic E-state index is 13.4. The zero-order valence-electron chi connectivity index (χ0n) is 16.7. The Morgan fingerprint density at radius 1 is 0.968 bits per heavy atom. The molecule has 1 saturated heterocycles. The Bertz CT molecular complexity index is 1130. The lowest BCUT2D eigenvalue weighted by Gasteiger charge is -2.14. The van der Waals surface area contributed by atoms with Gasteiger partial charge in [0.1, 0.15) is 22.5 Å². The number of hydrogen-bond donors (Lipinski definition) is 0. The van der Waals surface area contributed by atoms with Crippen molar-refractivity contribution >= 4 is 40.3 Å². The SMILES string of the molecule is O=C1C(=Cc2ccccc2OCc2cccc(F)c2)SC(=S)N1CCc1ccccc1. The van der Waals surface area contributed by atoms with Crippen LogP contribution in [0.15, 0.2) is 83.8 Å². The standard InChI is InChI=1S/C25H20FNO2S2/c26-21-11-6-9-19(15-21)17-29-22-12-5-4-10-20(22)16-23-24(28)27(25(30)31-23)14-13-18-7-2-1-3-8-18/h1-12,15-16H,13-14,17H2. The molecule has 1 amide bonds. The summed E-state index contributed by atoms with van der Waals surface area (Å²) in [6.45, 7) is 0.782. The van der Waals surface area contributed by atoms with Gasteiger partial charge in [0, 0.05) is 12.1 Å². The molecule has 3 aromatic carbocycles. The molecule has 3 aromatic rings. The van der Waals surface area contributed by atoms with E-state index in [0.29, 0.717) is 21.5 Å². The van der Waals surface area contributed by atoms with E-state index in [2.05, 4.69) is 0 Å². The molecule has 1 aliphatic heterocycles. The summed E-state index contributed by atoms with van der Waals surface area (Å²) in [6, 6.07) is 23.8. The number of ether oxygens (including phenoxy) is 1. The van der Waals surface area contributed by atoms with E-state index in [0.717, 1.165) is 23.1 Å². The van der Waals surface area contributed by atoms with Gasteiger partial charge < -0.3 is 4.74 Å². The summed E-state index contributed by atoms with van der Waals surface area (Å²) in [4.78, 5) is 15.2. The Hall–Kier alpha value is -2.96. The fourth-order valence-corrected chi connectivity index (χ4v) is 4.54. The Morgan fingerprint density at radius 3 is 2.52 bits per heavy atom. The quantitative estimate of drug-likeness (QED) is 0.334. The highest BCUT2D eigenvalue weighted by molar-refractivity contribution is 8.26. The second-order valence-electron chi connectivity index (χ2n) is 7.03. The number of hydrogen-bond acceptors (Lipinski definition) is 4. The Kier molecular flexibility index (Phi) is 6.79. The zero-order valence-corrected chi connectivity index (χ0v) is 18.3. The fourth-order valence-electron chi connectivity index (χ4n) is 3.24. The maximum Gasteiger partial charge on any atom is 0.266 e. The largest absolute Gasteiger partial charge is 0.488 e. The van der Waals surface area contributed by atoms with Gasteiger partial charge in [0.2, 0.25) is 0 Å². The van der Waals surface area contributed by atoms with E-state index in [9.17, 15) is 9.18 Å². The molecule has 0 bridgehead atoms. The average Bonchev–Trinajstić information content (AvgIpc) is 3.05. The van der Waals surface area contributed by atoms with Crippen molar-refractivity contribution < 1.29 is 13.9 Å². The smallest absolute Gasteiger partial charge is 0.266 e. The number of nitrogens with zero attached hydrogens (tertiary/aromatic N) is 1. The topological polar surface area (TPSA) is 29.5 Å². The number of rotatable bonds is 7. The van der Waals surface area contributed by atoms with Crippen LogP contribution < -0.4 is 4.74 Å². The van der Waals surface area contributed by atoms with Gasteiger partial charge in [-0.2, -0.15) is 0 Å². The monoisotopic (exact) mass is 449 g/mol. The summed E-state index contributed by atoms with van der Waals surface area (Å²) < 4.78 is 19.9. The van der Waals surface area contributed by atoms with Gasteiger partial charge in [0.05, 0.1) is 4.91 Å². The van der Waals surface area contributed by atoms with Crippen LogP contribution in [0.2, 0.25) is 0 Å². The predicted molar refractivity (Wildman–Crippen MR) is 127 cm³/mol. The normalized spacial score (nSPS) is 15.0. The summed E-state index contributed by atoms with van der Waals surface area (Å²) >= 11 is 6.75. The first-order valence-corrected chi connectivity index (χ1v) is 11.1. The van der Waals surface area contributed by atoms with E-state index in [1.165, 1.54) is 23.9 Å². The second-order valence-corrected chi connectivity index (χ2v) is 8.70. The van der Waals surface area contributed by atoms with E-state index in [1.807, 2.05) is 66.7 Å². The fraction of sp³-hybridized carbons (Fsp3) is 0.120. The number of para-hydroxylation sites is 1. The van der Waals surface area contributed by atoms with Crippen LogP contribution in [0.5, 0.6) is 5.75 Å². The molecule has 0 radical (unpaired) electrons. The van der Waals surface area contributed by atoms with Gasteiger partial charge in [-0.3, -0.25) is 9.69 Å². The third kappa shape index (κ3) is 5.40. The average molecular weight is 450 g/mol. The van der Waals surface area contributed by atoms with Crippen LogP contribution in [0.1, 0.15) is 16.7 Å². The van der Waals surface area contributed by atoms with Crippen LogP contribution in [0.3, 0.4) is 0 Å². The summed E-state index contributed by atoms with van der Waals surface area (Å²) in [5.41, 5.74) is 2.68. The first-order chi connectivity index (χ1) is 15.1. The minimum atomic E-state index is -0.298. The third-order valence-corrected chi connectivity index (χ3v) is 6.21. The molecule has 0 aliphatic carbocycles. The van der Waals surface area contributed by atoms with Crippen molar-refractivity contribution in [2.75, 3.05) is 6.54 Å². The molecule has 6 heteroatoms. The summed E-state index contributed by atoms with van der Waals surface area (Å²) in [7, 11) is 0. The van der Waals surface area contributed by atoms with Gasteiger partial charge in [-0.15, -0.1) is 0 Å². The summed E-state index contributed by atoms with van der Waals surface area (Å²) in [5, 5.41) is 0. The molecule has 156 valence electrons. The van der Waals surface area contributed by atoms with Crippen LogP contribution in [0.25, 0.3) is 6.08 Å². The van der Waals surface area contributed by atoms with E-state index in [1.54, 1.807) is 11.0 Å². The number of thiocarbonyl (C=S) groups is 1. The molecule has 0 N–H and O–H groups in total. The number of halogens is 1. The molecule has 1 fully saturated rings. The molecule has 0 aromatic heterocycles. The van der Waals surface area contributed by atoms with E-state index < -0.39 is 0 Å². The van der Waals surface area contributed by atoms with Gasteiger partial charge in [0.15, 0.2) is 0 Å². The minimum absolute atomic E-state index is 0.0918. The highest BCUT2D eigenvalue weighted by atomic mass is 32.2. The maximum absolute atomic E-state index is 13.4. The number of carbonyl (C=O) groups excluding carboxylic acids is 1. The van der Waals surface area contributed by atoms with Crippen molar-refractivity contribution in [3.8, 4) is 5.75 Å². The van der Waals surface area contributed by atoms with Crippen LogP contribution in [0, 0.1) is 5.82 Å².